The van der Waals surface area contributed by atoms with E-state index in [0.717, 1.165) is 65.8 Å². The summed E-state index contributed by atoms with van der Waals surface area (Å²) in [5.41, 5.74) is 3.70. The third kappa shape index (κ3) is 2.34. The molecule has 1 fully saturated rings. The van der Waals surface area contributed by atoms with E-state index < -0.39 is 0 Å². The van der Waals surface area contributed by atoms with E-state index in [1.165, 1.54) is 0 Å². The number of likely N-dealkylation sites (tertiary alicyclic amines) is 1. The molecule has 1 aromatic carbocycles. The Labute approximate surface area is 150 Å². The van der Waals surface area contributed by atoms with Crippen LogP contribution in [0.1, 0.15) is 24.2 Å². The molecule has 0 saturated carbocycles. The van der Waals surface area contributed by atoms with Crippen LogP contribution in [0.4, 0.5) is 4.79 Å². The first-order valence-corrected chi connectivity index (χ1v) is 9.04. The molecule has 0 bridgehead atoms. The standard InChI is InChI=1S/C19H20N4O3/c1-12-15(26-19(24)22-6-2-3-7-22)5-4-13-17(12)18-14(10-20-13)21-16-11-25-9-8-23(16)18/h4-5,10H,2-3,6-9,11H2,1H3. The lowest BCUT2D eigenvalue weighted by Gasteiger charge is -2.18. The van der Waals surface area contributed by atoms with Crippen molar-refractivity contribution in [2.45, 2.75) is 32.9 Å². The Morgan fingerprint density at radius 3 is 2.88 bits per heavy atom. The van der Waals surface area contributed by atoms with Gasteiger partial charge in [0.1, 0.15) is 23.7 Å². The highest BCUT2D eigenvalue weighted by Gasteiger charge is 2.23. The lowest BCUT2D eigenvalue weighted by Crippen LogP contribution is -2.30. The molecule has 26 heavy (non-hydrogen) atoms. The van der Waals surface area contributed by atoms with Crippen LogP contribution in [0.3, 0.4) is 0 Å². The molecule has 4 heterocycles. The zero-order valence-corrected chi connectivity index (χ0v) is 14.7. The second kappa shape index (κ2) is 5.95. The fraction of sp³-hybridized carbons (Fsp3) is 0.421. The molecule has 5 rings (SSSR count). The molecule has 2 aliphatic rings. The zero-order chi connectivity index (χ0) is 17.7. The van der Waals surface area contributed by atoms with Gasteiger partial charge in [0.15, 0.2) is 0 Å². The Morgan fingerprint density at radius 1 is 1.19 bits per heavy atom. The summed E-state index contributed by atoms with van der Waals surface area (Å²) in [7, 11) is 0. The Balaban J connectivity index is 1.64. The van der Waals surface area contributed by atoms with Gasteiger partial charge < -0.3 is 18.9 Å². The van der Waals surface area contributed by atoms with E-state index in [9.17, 15) is 4.79 Å². The van der Waals surface area contributed by atoms with E-state index >= 15 is 0 Å². The molecular formula is C19H20N4O3. The van der Waals surface area contributed by atoms with Crippen molar-refractivity contribution in [3.05, 3.63) is 29.7 Å². The molecule has 1 amide bonds. The first-order chi connectivity index (χ1) is 12.7. The molecule has 0 aliphatic carbocycles. The van der Waals surface area contributed by atoms with Gasteiger partial charge in [-0.3, -0.25) is 4.98 Å². The van der Waals surface area contributed by atoms with E-state index in [-0.39, 0.29) is 6.09 Å². The van der Waals surface area contributed by atoms with Crippen LogP contribution in [0.25, 0.3) is 21.9 Å². The van der Waals surface area contributed by atoms with Gasteiger partial charge in [0.2, 0.25) is 0 Å². The zero-order valence-electron chi connectivity index (χ0n) is 14.7. The summed E-state index contributed by atoms with van der Waals surface area (Å²) in [5, 5.41) is 0.995. The molecule has 1 saturated heterocycles. The molecule has 0 unspecified atom stereocenters. The van der Waals surface area contributed by atoms with Gasteiger partial charge in [-0.05, 0) is 31.9 Å². The van der Waals surface area contributed by atoms with E-state index in [1.54, 1.807) is 11.1 Å². The SMILES string of the molecule is Cc1c(OC(=O)N2CCCC2)ccc2ncc3nc4n(c3c12)CCOC4. The van der Waals surface area contributed by atoms with Crippen LogP contribution in [0.15, 0.2) is 18.3 Å². The Morgan fingerprint density at radius 2 is 2.04 bits per heavy atom. The summed E-state index contributed by atoms with van der Waals surface area (Å²) in [6, 6.07) is 3.74. The molecule has 7 heteroatoms. The number of amides is 1. The molecular weight excluding hydrogens is 332 g/mol. The molecule has 0 atom stereocenters. The predicted molar refractivity (Wildman–Crippen MR) is 96.3 cm³/mol. The van der Waals surface area contributed by atoms with E-state index in [0.29, 0.717) is 19.0 Å². The van der Waals surface area contributed by atoms with Gasteiger partial charge in [-0.25, -0.2) is 9.78 Å². The van der Waals surface area contributed by atoms with Gasteiger partial charge in [-0.15, -0.1) is 0 Å². The molecule has 0 N–H and O–H groups in total. The van der Waals surface area contributed by atoms with Crippen LogP contribution in [0, 0.1) is 6.92 Å². The van der Waals surface area contributed by atoms with Crippen molar-refractivity contribution in [2.24, 2.45) is 0 Å². The molecule has 2 aromatic heterocycles. The van der Waals surface area contributed by atoms with Crippen molar-refractivity contribution in [1.82, 2.24) is 19.4 Å². The van der Waals surface area contributed by atoms with Crippen LogP contribution >= 0.6 is 0 Å². The molecule has 0 spiro atoms. The number of nitrogens with zero attached hydrogens (tertiary/aromatic N) is 4. The lowest BCUT2D eigenvalue weighted by atomic mass is 10.1. The average molecular weight is 352 g/mol. The fourth-order valence-corrected chi connectivity index (χ4v) is 3.93. The van der Waals surface area contributed by atoms with E-state index in [4.69, 9.17) is 9.47 Å². The van der Waals surface area contributed by atoms with Crippen LogP contribution in [0.5, 0.6) is 5.75 Å². The number of pyridine rings is 1. The highest BCUT2D eigenvalue weighted by molar-refractivity contribution is 6.05. The minimum Gasteiger partial charge on any atom is -0.410 e. The third-order valence-corrected chi connectivity index (χ3v) is 5.28. The highest BCUT2D eigenvalue weighted by atomic mass is 16.6. The molecule has 134 valence electrons. The maximum Gasteiger partial charge on any atom is 0.415 e. The second-order valence-corrected chi connectivity index (χ2v) is 6.87. The Hall–Kier alpha value is -2.67. The van der Waals surface area contributed by atoms with Crippen LogP contribution < -0.4 is 4.74 Å². The van der Waals surface area contributed by atoms with Gasteiger partial charge in [0, 0.05) is 30.6 Å². The van der Waals surface area contributed by atoms with E-state index in [1.807, 2.05) is 19.1 Å². The minimum absolute atomic E-state index is 0.270. The quantitative estimate of drug-likeness (QED) is 0.673. The number of carbonyl (C=O) groups is 1. The first-order valence-electron chi connectivity index (χ1n) is 9.04. The molecule has 0 radical (unpaired) electrons. The van der Waals surface area contributed by atoms with Crippen molar-refractivity contribution in [3.63, 3.8) is 0 Å². The summed E-state index contributed by atoms with van der Waals surface area (Å²) < 4.78 is 13.4. The predicted octanol–water partition coefficient (Wildman–Crippen LogP) is 3.02. The van der Waals surface area contributed by atoms with E-state index in [2.05, 4.69) is 14.5 Å². The van der Waals surface area contributed by atoms with Crippen molar-refractivity contribution >= 4 is 28.0 Å². The maximum atomic E-state index is 12.4. The third-order valence-electron chi connectivity index (χ3n) is 5.28. The largest absolute Gasteiger partial charge is 0.415 e. The number of aromatic nitrogens is 3. The van der Waals surface area contributed by atoms with Gasteiger partial charge in [-0.1, -0.05) is 0 Å². The number of benzene rings is 1. The summed E-state index contributed by atoms with van der Waals surface area (Å²) in [4.78, 5) is 23.4. The number of hydrogen-bond donors (Lipinski definition) is 0. The minimum atomic E-state index is -0.270. The van der Waals surface area contributed by atoms with Crippen LogP contribution in [-0.2, 0) is 17.9 Å². The van der Waals surface area contributed by atoms with Gasteiger partial charge in [-0.2, -0.15) is 0 Å². The number of carbonyl (C=O) groups excluding carboxylic acids is 1. The Kier molecular flexibility index (Phi) is 3.56. The Bertz CT molecular complexity index is 1020. The first kappa shape index (κ1) is 15.6. The van der Waals surface area contributed by atoms with Crippen molar-refractivity contribution < 1.29 is 14.3 Å². The van der Waals surface area contributed by atoms with Gasteiger partial charge >= 0.3 is 6.09 Å². The van der Waals surface area contributed by atoms with Crippen molar-refractivity contribution in [1.29, 1.82) is 0 Å². The van der Waals surface area contributed by atoms with Crippen molar-refractivity contribution in [3.8, 4) is 5.75 Å². The van der Waals surface area contributed by atoms with Crippen LogP contribution in [-0.4, -0.2) is 45.2 Å². The number of imidazole rings is 1. The molecule has 2 aliphatic heterocycles. The smallest absolute Gasteiger partial charge is 0.410 e. The summed E-state index contributed by atoms with van der Waals surface area (Å²) in [5.74, 6) is 1.51. The van der Waals surface area contributed by atoms with Gasteiger partial charge in [0.05, 0.1) is 23.8 Å². The normalized spacial score (nSPS) is 17.0. The number of hydrogen-bond acceptors (Lipinski definition) is 5. The summed E-state index contributed by atoms with van der Waals surface area (Å²) in [6.07, 6.45) is 3.62. The van der Waals surface area contributed by atoms with Gasteiger partial charge in [0.25, 0.3) is 0 Å². The second-order valence-electron chi connectivity index (χ2n) is 6.87. The van der Waals surface area contributed by atoms with Crippen LogP contribution in [0.2, 0.25) is 0 Å². The molecule has 7 nitrogen and oxygen atoms in total. The summed E-state index contributed by atoms with van der Waals surface area (Å²) in [6.45, 7) is 5.47. The molecule has 3 aromatic rings. The number of aryl methyl sites for hydroxylation is 1. The number of ether oxygens (including phenoxy) is 2. The highest BCUT2D eigenvalue weighted by Crippen LogP contribution is 2.33. The monoisotopic (exact) mass is 352 g/mol. The lowest BCUT2D eigenvalue weighted by molar-refractivity contribution is 0.0831. The average Bonchev–Trinajstić information content (AvgIpc) is 3.31. The topological polar surface area (TPSA) is 69.5 Å². The fourth-order valence-electron chi connectivity index (χ4n) is 3.93. The summed E-state index contributed by atoms with van der Waals surface area (Å²) >= 11 is 0. The number of rotatable bonds is 1. The van der Waals surface area contributed by atoms with Crippen molar-refractivity contribution in [2.75, 3.05) is 19.7 Å². The number of fused-ring (bicyclic) bond motifs is 5. The maximum absolute atomic E-state index is 12.4.